The summed E-state index contributed by atoms with van der Waals surface area (Å²) in [4.78, 5) is 43.7. The molecule has 0 aliphatic carbocycles. The highest BCUT2D eigenvalue weighted by molar-refractivity contribution is 7.57. The number of nitrogens with zero attached hydrogens (tertiary/aromatic N) is 4. The molecule has 0 amide bonds. The molecule has 0 fully saturated rings. The third-order valence-electron chi connectivity index (χ3n) is 4.87. The standard InChI is InChI=1S/C21H29N6O5P.C4H4O4/c1-14(2)31-21(28)16(4)26-33(29,32-17-8-6-5-7-9-17)13-30-15(3)10-27-12-25-18-19(22)23-11-24-20(18)27;5-3(6)1-2-4(7)8/h5-9,11-12,14-16H,10,13H2,1-4H3,(H,26,29)(H2,22,23,24);1-2H,(H,5,6)(H,7,8)/b;2-1+/t15-,16+,33?;/m0./s1. The van der Waals surface area contributed by atoms with Crippen molar-refractivity contribution in [2.45, 2.75) is 52.5 Å². The Kier molecular flexibility index (Phi) is 12.4. The van der Waals surface area contributed by atoms with Gasteiger partial charge in [-0.25, -0.2) is 29.6 Å². The Balaban J connectivity index is 0.000000642. The molecule has 5 N–H and O–H groups in total. The molecule has 2 aromatic heterocycles. The summed E-state index contributed by atoms with van der Waals surface area (Å²) in [5.41, 5.74) is 6.91. The van der Waals surface area contributed by atoms with Crippen LogP contribution in [0.25, 0.3) is 11.2 Å². The number of hydrogen-bond donors (Lipinski definition) is 4. The average Bonchev–Trinajstić information content (AvgIpc) is 3.30. The first-order valence-electron chi connectivity index (χ1n) is 12.3. The fourth-order valence-corrected chi connectivity index (χ4v) is 4.94. The molecule has 16 heteroatoms. The first-order chi connectivity index (χ1) is 19.3. The topological polar surface area (TPSA) is 218 Å². The minimum absolute atomic E-state index is 0.272. The van der Waals surface area contributed by atoms with Gasteiger partial charge >= 0.3 is 25.4 Å². The van der Waals surface area contributed by atoms with Crippen LogP contribution in [0.3, 0.4) is 0 Å². The second-order valence-corrected chi connectivity index (χ2v) is 10.9. The number of nitrogens with two attached hydrogens (primary N) is 1. The van der Waals surface area contributed by atoms with E-state index in [1.165, 1.54) is 6.33 Å². The summed E-state index contributed by atoms with van der Waals surface area (Å²) in [5, 5.41) is 18.4. The third kappa shape index (κ3) is 11.4. The van der Waals surface area contributed by atoms with Crippen molar-refractivity contribution >= 4 is 42.4 Å². The van der Waals surface area contributed by atoms with Crippen molar-refractivity contribution in [1.29, 1.82) is 0 Å². The fourth-order valence-electron chi connectivity index (χ4n) is 3.15. The SMILES string of the molecule is CC(C)OC(=O)[C@@H](C)NP(=O)(CO[C@@H](C)Cn1cnc2c(N)ncnc21)Oc1ccccc1.O=C(O)/C=C/C(=O)O. The zero-order chi connectivity index (χ0) is 30.6. The average molecular weight is 593 g/mol. The second kappa shape index (κ2) is 15.5. The van der Waals surface area contributed by atoms with Gasteiger partial charge in [-0.1, -0.05) is 18.2 Å². The number of para-hydroxylation sites is 1. The lowest BCUT2D eigenvalue weighted by atomic mass is 10.3. The maximum atomic E-state index is 13.6. The summed E-state index contributed by atoms with van der Waals surface area (Å²) < 4.78 is 32.2. The van der Waals surface area contributed by atoms with E-state index >= 15 is 0 Å². The van der Waals surface area contributed by atoms with Crippen LogP contribution in [0, 0.1) is 0 Å². The number of carboxylic acids is 2. The Labute approximate surface area is 235 Å². The van der Waals surface area contributed by atoms with Crippen LogP contribution in [0.2, 0.25) is 0 Å². The van der Waals surface area contributed by atoms with Gasteiger partial charge in [-0.2, -0.15) is 0 Å². The minimum Gasteiger partial charge on any atom is -0.478 e. The summed E-state index contributed by atoms with van der Waals surface area (Å²) in [5.74, 6) is -2.36. The Morgan fingerprint density at radius 1 is 1.05 bits per heavy atom. The van der Waals surface area contributed by atoms with Crippen molar-refractivity contribution in [1.82, 2.24) is 24.6 Å². The lowest BCUT2D eigenvalue weighted by molar-refractivity contribution is -0.149. The molecule has 0 saturated heterocycles. The number of rotatable bonds is 13. The Bertz CT molecular complexity index is 1380. The highest BCUT2D eigenvalue weighted by atomic mass is 31.2. The van der Waals surface area contributed by atoms with Crippen LogP contribution in [0.4, 0.5) is 5.82 Å². The molecule has 3 atom stereocenters. The number of benzene rings is 1. The van der Waals surface area contributed by atoms with E-state index in [1.54, 1.807) is 55.9 Å². The summed E-state index contributed by atoms with van der Waals surface area (Å²) in [7, 11) is -3.64. The van der Waals surface area contributed by atoms with Crippen molar-refractivity contribution in [3.8, 4) is 5.75 Å². The van der Waals surface area contributed by atoms with Gasteiger partial charge in [0.2, 0.25) is 0 Å². The molecule has 3 aromatic rings. The molecule has 3 rings (SSSR count). The van der Waals surface area contributed by atoms with Crippen LogP contribution >= 0.6 is 7.52 Å². The van der Waals surface area contributed by atoms with E-state index in [1.807, 2.05) is 13.0 Å². The molecule has 2 heterocycles. The van der Waals surface area contributed by atoms with Crippen LogP contribution in [-0.4, -0.2) is 72.2 Å². The third-order valence-corrected chi connectivity index (χ3v) is 6.65. The van der Waals surface area contributed by atoms with Crippen LogP contribution in [0.5, 0.6) is 5.75 Å². The number of nitrogen functional groups attached to an aromatic ring is 1. The molecule has 0 radical (unpaired) electrons. The summed E-state index contributed by atoms with van der Waals surface area (Å²) in [6, 6.07) is 7.83. The predicted octanol–water partition coefficient (Wildman–Crippen LogP) is 2.68. The number of carbonyl (C=O) groups is 3. The van der Waals surface area contributed by atoms with E-state index in [0.29, 0.717) is 41.4 Å². The number of aromatic nitrogens is 4. The van der Waals surface area contributed by atoms with E-state index in [0.717, 1.165) is 0 Å². The zero-order valence-corrected chi connectivity index (χ0v) is 23.8. The van der Waals surface area contributed by atoms with Gasteiger partial charge in [0.05, 0.1) is 25.1 Å². The molecule has 41 heavy (non-hydrogen) atoms. The van der Waals surface area contributed by atoms with E-state index in [4.69, 9.17) is 29.9 Å². The smallest absolute Gasteiger partial charge is 0.342 e. The van der Waals surface area contributed by atoms with Crippen LogP contribution in [0.1, 0.15) is 27.7 Å². The summed E-state index contributed by atoms with van der Waals surface area (Å²) >= 11 is 0. The van der Waals surface area contributed by atoms with E-state index in [9.17, 15) is 18.9 Å². The zero-order valence-electron chi connectivity index (χ0n) is 22.9. The highest BCUT2D eigenvalue weighted by Crippen LogP contribution is 2.44. The van der Waals surface area contributed by atoms with Gasteiger partial charge in [-0.05, 0) is 39.8 Å². The van der Waals surface area contributed by atoms with Crippen molar-refractivity contribution in [2.75, 3.05) is 12.1 Å². The van der Waals surface area contributed by atoms with Crippen LogP contribution < -0.4 is 15.3 Å². The van der Waals surface area contributed by atoms with Gasteiger partial charge in [-0.3, -0.25) is 9.36 Å². The molecule has 0 spiro atoms. The Morgan fingerprint density at radius 3 is 2.27 bits per heavy atom. The lowest BCUT2D eigenvalue weighted by Crippen LogP contribution is -2.37. The predicted molar refractivity (Wildman–Crippen MR) is 148 cm³/mol. The van der Waals surface area contributed by atoms with Crippen LogP contribution in [0.15, 0.2) is 55.1 Å². The monoisotopic (exact) mass is 592 g/mol. The number of esters is 1. The number of carbonyl (C=O) groups excluding carboxylic acids is 1. The first kappa shape index (κ1) is 32.9. The molecule has 1 aromatic carbocycles. The largest absolute Gasteiger partial charge is 0.478 e. The molecular formula is C25H33N6O9P. The number of imidazole rings is 1. The summed E-state index contributed by atoms with van der Waals surface area (Å²) in [6.45, 7) is 7.25. The quantitative estimate of drug-likeness (QED) is 0.127. The number of aliphatic carboxylic acids is 2. The van der Waals surface area contributed by atoms with Gasteiger partial charge in [0.25, 0.3) is 0 Å². The number of fused-ring (bicyclic) bond motifs is 1. The van der Waals surface area contributed by atoms with Gasteiger partial charge < -0.3 is 34.5 Å². The van der Waals surface area contributed by atoms with Gasteiger partial charge in [0.1, 0.15) is 30.0 Å². The number of ether oxygens (including phenoxy) is 2. The number of hydrogen-bond acceptors (Lipinski definition) is 11. The molecule has 0 aliphatic rings. The highest BCUT2D eigenvalue weighted by Gasteiger charge is 2.32. The molecular weight excluding hydrogens is 559 g/mol. The maximum Gasteiger partial charge on any atom is 0.342 e. The minimum atomic E-state index is -3.64. The maximum absolute atomic E-state index is 13.6. The molecule has 0 saturated carbocycles. The fraction of sp³-hybridized carbons (Fsp3) is 0.360. The first-order valence-corrected chi connectivity index (χ1v) is 14.1. The van der Waals surface area contributed by atoms with Crippen molar-refractivity contribution in [2.24, 2.45) is 0 Å². The molecule has 1 unspecified atom stereocenters. The Hall–Kier alpha value is -4.33. The van der Waals surface area contributed by atoms with Gasteiger partial charge in [0.15, 0.2) is 11.5 Å². The normalized spacial score (nSPS) is 14.1. The molecule has 15 nitrogen and oxygen atoms in total. The molecule has 0 bridgehead atoms. The van der Waals surface area contributed by atoms with Gasteiger partial charge in [0, 0.05) is 12.2 Å². The Morgan fingerprint density at radius 2 is 1.68 bits per heavy atom. The lowest BCUT2D eigenvalue weighted by Gasteiger charge is -2.25. The number of nitrogens with one attached hydrogen (secondary N) is 1. The van der Waals surface area contributed by atoms with E-state index < -0.39 is 31.5 Å². The molecule has 222 valence electrons. The van der Waals surface area contributed by atoms with Crippen molar-refractivity contribution < 1.29 is 43.2 Å². The summed E-state index contributed by atoms with van der Waals surface area (Å²) in [6.07, 6.45) is 3.13. The molecule has 0 aliphatic heterocycles. The van der Waals surface area contributed by atoms with E-state index in [-0.39, 0.29) is 18.6 Å². The van der Waals surface area contributed by atoms with Crippen molar-refractivity contribution in [3.05, 3.63) is 55.1 Å². The van der Waals surface area contributed by atoms with E-state index in [2.05, 4.69) is 20.0 Å². The van der Waals surface area contributed by atoms with Crippen LogP contribution in [-0.2, 0) is 35.0 Å². The number of anilines is 1. The second-order valence-electron chi connectivity index (χ2n) is 8.86. The van der Waals surface area contributed by atoms with Gasteiger partial charge in [-0.15, -0.1) is 0 Å². The number of carboxylic acid groups (broad SMARTS) is 2. The van der Waals surface area contributed by atoms with Crippen molar-refractivity contribution in [3.63, 3.8) is 0 Å².